The number of benzene rings is 2. The molecule has 1 saturated heterocycles. The molecule has 0 unspecified atom stereocenters. The molecule has 0 saturated carbocycles. The molecular formula is C22H23N3O6S2. The van der Waals surface area contributed by atoms with E-state index in [1.54, 1.807) is 16.7 Å². The van der Waals surface area contributed by atoms with Gasteiger partial charge in [0.2, 0.25) is 10.0 Å². The Kier molecular flexibility index (Phi) is 7.33. The molecular weight excluding hydrogens is 466 g/mol. The van der Waals surface area contributed by atoms with Crippen LogP contribution in [0.5, 0.6) is 5.75 Å². The summed E-state index contributed by atoms with van der Waals surface area (Å²) >= 11 is 1.37. The van der Waals surface area contributed by atoms with E-state index in [1.165, 1.54) is 34.4 Å². The highest BCUT2D eigenvalue weighted by Crippen LogP contribution is 2.24. The lowest BCUT2D eigenvalue weighted by Crippen LogP contribution is -2.40. The Hall–Kier alpha value is -2.86. The first-order chi connectivity index (χ1) is 16.0. The van der Waals surface area contributed by atoms with Gasteiger partial charge in [0.25, 0.3) is 0 Å². The highest BCUT2D eigenvalue weighted by atomic mass is 32.2. The highest BCUT2D eigenvalue weighted by molar-refractivity contribution is 7.99. The van der Waals surface area contributed by atoms with Gasteiger partial charge < -0.3 is 14.6 Å². The minimum atomic E-state index is -3.54. The van der Waals surface area contributed by atoms with Crippen molar-refractivity contribution in [2.45, 2.75) is 10.1 Å². The number of carbonyl (C=O) groups is 1. The van der Waals surface area contributed by atoms with Crippen molar-refractivity contribution in [3.8, 4) is 11.4 Å². The van der Waals surface area contributed by atoms with Crippen molar-refractivity contribution >= 4 is 27.8 Å². The fraction of sp³-hybridized carbons (Fsp3) is 0.273. The molecule has 1 N–H and O–H groups in total. The Morgan fingerprint density at radius 1 is 1.09 bits per heavy atom. The zero-order chi connectivity index (χ0) is 23.3. The predicted molar refractivity (Wildman–Crippen MR) is 123 cm³/mol. The van der Waals surface area contributed by atoms with E-state index in [9.17, 15) is 18.3 Å². The molecule has 1 aliphatic heterocycles. The van der Waals surface area contributed by atoms with Crippen molar-refractivity contribution in [3.05, 3.63) is 66.5 Å². The van der Waals surface area contributed by atoms with Gasteiger partial charge in [0.05, 0.1) is 30.9 Å². The predicted octanol–water partition coefficient (Wildman–Crippen LogP) is 2.76. The maximum absolute atomic E-state index is 12.7. The first kappa shape index (κ1) is 23.3. The number of ether oxygens (including phenoxy) is 2. The molecule has 2 aromatic carbocycles. The second kappa shape index (κ2) is 10.4. The van der Waals surface area contributed by atoms with E-state index in [-0.39, 0.29) is 10.6 Å². The Morgan fingerprint density at radius 3 is 2.45 bits per heavy atom. The number of imidazole rings is 1. The van der Waals surface area contributed by atoms with Crippen LogP contribution in [0.4, 0.5) is 0 Å². The number of carboxylic acid groups (broad SMARTS) is 1. The van der Waals surface area contributed by atoms with E-state index in [4.69, 9.17) is 9.47 Å². The molecule has 0 amide bonds. The Balaban J connectivity index is 1.36. The number of carboxylic acids is 1. The molecule has 0 bridgehead atoms. The van der Waals surface area contributed by atoms with Gasteiger partial charge in [0, 0.05) is 24.5 Å². The van der Waals surface area contributed by atoms with Crippen LogP contribution < -0.4 is 4.74 Å². The van der Waals surface area contributed by atoms with Gasteiger partial charge in [-0.2, -0.15) is 4.31 Å². The average molecular weight is 490 g/mol. The number of morpholine rings is 1. The van der Waals surface area contributed by atoms with E-state index in [0.29, 0.717) is 55.3 Å². The number of aromatic nitrogens is 2. The number of sulfonamides is 1. The first-order valence-electron chi connectivity index (χ1n) is 10.3. The summed E-state index contributed by atoms with van der Waals surface area (Å²) in [6.45, 7) is 1.83. The number of para-hydroxylation sites is 1. The van der Waals surface area contributed by atoms with Crippen LogP contribution in [-0.2, 0) is 14.8 Å². The lowest BCUT2D eigenvalue weighted by Gasteiger charge is -2.26. The highest BCUT2D eigenvalue weighted by Gasteiger charge is 2.26. The minimum absolute atomic E-state index is 0.0849. The third-order valence-corrected chi connectivity index (χ3v) is 7.81. The number of nitrogens with zero attached hydrogens (tertiary/aromatic N) is 3. The molecule has 0 spiro atoms. The molecule has 2 heterocycles. The fourth-order valence-corrected chi connectivity index (χ4v) is 5.57. The molecule has 0 aliphatic carbocycles. The molecule has 0 atom stereocenters. The van der Waals surface area contributed by atoms with E-state index in [2.05, 4.69) is 4.98 Å². The Morgan fingerprint density at radius 2 is 1.79 bits per heavy atom. The molecule has 11 heteroatoms. The SMILES string of the molecule is O=C(O)c1cnc(SCCOc2ccc(S(=O)(=O)N3CCOCC3)cc2)n1-c1ccccc1. The maximum atomic E-state index is 12.7. The van der Waals surface area contributed by atoms with Crippen LogP contribution in [0, 0.1) is 0 Å². The topological polar surface area (TPSA) is 111 Å². The van der Waals surface area contributed by atoms with E-state index in [1.807, 2.05) is 30.3 Å². The van der Waals surface area contributed by atoms with Crippen LogP contribution in [0.15, 0.2) is 70.8 Å². The smallest absolute Gasteiger partial charge is 0.354 e. The summed E-state index contributed by atoms with van der Waals surface area (Å²) in [5, 5.41) is 10.0. The van der Waals surface area contributed by atoms with Crippen molar-refractivity contribution in [1.29, 1.82) is 0 Å². The second-order valence-electron chi connectivity index (χ2n) is 7.09. The van der Waals surface area contributed by atoms with Gasteiger partial charge in [-0.3, -0.25) is 4.57 Å². The van der Waals surface area contributed by atoms with Gasteiger partial charge in [-0.1, -0.05) is 30.0 Å². The summed E-state index contributed by atoms with van der Waals surface area (Å²) in [5.74, 6) is 0.0206. The average Bonchev–Trinajstić information content (AvgIpc) is 3.27. The molecule has 33 heavy (non-hydrogen) atoms. The molecule has 9 nitrogen and oxygen atoms in total. The van der Waals surface area contributed by atoms with Gasteiger partial charge in [0.1, 0.15) is 5.75 Å². The zero-order valence-corrected chi connectivity index (χ0v) is 19.3. The number of thioether (sulfide) groups is 1. The normalized spacial score (nSPS) is 14.8. The lowest BCUT2D eigenvalue weighted by atomic mass is 10.3. The lowest BCUT2D eigenvalue weighted by molar-refractivity contribution is 0.0687. The van der Waals surface area contributed by atoms with Crippen molar-refractivity contribution < 1.29 is 27.8 Å². The standard InChI is InChI=1S/C22H23N3O6S2/c26-21(27)20-16-23-22(25(20)17-4-2-1-3-5-17)32-15-14-31-18-6-8-19(9-7-18)33(28,29)24-10-12-30-13-11-24/h1-9,16H,10-15H2,(H,26,27). The van der Waals surface area contributed by atoms with E-state index < -0.39 is 16.0 Å². The molecule has 0 radical (unpaired) electrons. The summed E-state index contributed by atoms with van der Waals surface area (Å²) in [6.07, 6.45) is 1.34. The molecule has 174 valence electrons. The van der Waals surface area contributed by atoms with Crippen LogP contribution in [0.25, 0.3) is 5.69 Å². The second-order valence-corrected chi connectivity index (χ2v) is 10.1. The largest absolute Gasteiger partial charge is 0.493 e. The van der Waals surface area contributed by atoms with Crippen molar-refractivity contribution in [2.75, 3.05) is 38.7 Å². The number of hydrogen-bond donors (Lipinski definition) is 1. The number of hydrogen-bond acceptors (Lipinski definition) is 7. The monoisotopic (exact) mass is 489 g/mol. The van der Waals surface area contributed by atoms with Crippen LogP contribution in [0.2, 0.25) is 0 Å². The van der Waals surface area contributed by atoms with Gasteiger partial charge >= 0.3 is 5.97 Å². The van der Waals surface area contributed by atoms with Gasteiger partial charge in [-0.15, -0.1) is 0 Å². The maximum Gasteiger partial charge on any atom is 0.354 e. The summed E-state index contributed by atoms with van der Waals surface area (Å²) in [6, 6.07) is 15.5. The fourth-order valence-electron chi connectivity index (χ4n) is 3.35. The molecule has 1 aromatic heterocycles. The quantitative estimate of drug-likeness (QED) is 0.361. The van der Waals surface area contributed by atoms with E-state index in [0.717, 1.165) is 0 Å². The van der Waals surface area contributed by atoms with Gasteiger partial charge in [-0.25, -0.2) is 18.2 Å². The number of rotatable bonds is 9. The van der Waals surface area contributed by atoms with Crippen molar-refractivity contribution in [2.24, 2.45) is 0 Å². The minimum Gasteiger partial charge on any atom is -0.493 e. The summed E-state index contributed by atoms with van der Waals surface area (Å²) < 4.78 is 39.4. The Labute approximate surface area is 196 Å². The van der Waals surface area contributed by atoms with Crippen LogP contribution in [-0.4, -0.2) is 72.0 Å². The molecule has 1 fully saturated rings. The third-order valence-electron chi connectivity index (χ3n) is 4.98. The van der Waals surface area contributed by atoms with Crippen LogP contribution in [0.1, 0.15) is 10.5 Å². The third kappa shape index (κ3) is 5.38. The Bertz CT molecular complexity index is 1190. The first-order valence-corrected chi connectivity index (χ1v) is 12.7. The summed E-state index contributed by atoms with van der Waals surface area (Å²) in [7, 11) is -3.54. The van der Waals surface area contributed by atoms with E-state index >= 15 is 0 Å². The van der Waals surface area contributed by atoms with Gasteiger partial charge in [0.15, 0.2) is 10.9 Å². The summed E-state index contributed by atoms with van der Waals surface area (Å²) in [4.78, 5) is 16.0. The van der Waals surface area contributed by atoms with Crippen molar-refractivity contribution in [3.63, 3.8) is 0 Å². The summed E-state index contributed by atoms with van der Waals surface area (Å²) in [5.41, 5.74) is 0.801. The van der Waals surface area contributed by atoms with Crippen LogP contribution >= 0.6 is 11.8 Å². The van der Waals surface area contributed by atoms with Gasteiger partial charge in [-0.05, 0) is 36.4 Å². The van der Waals surface area contributed by atoms with Crippen molar-refractivity contribution in [1.82, 2.24) is 13.9 Å². The number of aromatic carboxylic acids is 1. The van der Waals surface area contributed by atoms with Crippen LogP contribution in [0.3, 0.4) is 0 Å². The zero-order valence-electron chi connectivity index (χ0n) is 17.7. The molecule has 1 aliphatic rings. The molecule has 3 aromatic rings. The molecule has 4 rings (SSSR count).